The summed E-state index contributed by atoms with van der Waals surface area (Å²) in [5, 5.41) is 0. The molecule has 18 heavy (non-hydrogen) atoms. The summed E-state index contributed by atoms with van der Waals surface area (Å²) < 4.78 is 31.0. The molecular formula is C13H12ClF2NO. The lowest BCUT2D eigenvalue weighted by Crippen LogP contribution is -1.95. The van der Waals surface area contributed by atoms with Crippen molar-refractivity contribution in [3.05, 3.63) is 59.7 Å². The Morgan fingerprint density at radius 2 is 1.50 bits per heavy atom. The van der Waals surface area contributed by atoms with Crippen LogP contribution < -0.4 is 10.5 Å². The van der Waals surface area contributed by atoms with E-state index in [1.54, 1.807) is 12.1 Å². The number of ether oxygens (including phenoxy) is 1. The van der Waals surface area contributed by atoms with Crippen molar-refractivity contribution in [2.45, 2.75) is 6.54 Å². The average molecular weight is 272 g/mol. The second-order valence-corrected chi connectivity index (χ2v) is 3.53. The molecule has 0 aliphatic rings. The Balaban J connectivity index is 0.00000162. The van der Waals surface area contributed by atoms with Crippen molar-refractivity contribution in [2.24, 2.45) is 5.73 Å². The number of nitrogens with two attached hydrogens (primary N) is 1. The minimum absolute atomic E-state index is 0. The first kappa shape index (κ1) is 14.4. The van der Waals surface area contributed by atoms with E-state index in [2.05, 4.69) is 0 Å². The van der Waals surface area contributed by atoms with Crippen LogP contribution in [-0.4, -0.2) is 0 Å². The third-order valence-corrected chi connectivity index (χ3v) is 2.29. The molecule has 0 atom stereocenters. The average Bonchev–Trinajstić information content (AvgIpc) is 2.35. The molecule has 2 aromatic rings. The Morgan fingerprint density at radius 1 is 0.889 bits per heavy atom. The van der Waals surface area contributed by atoms with E-state index in [0.717, 1.165) is 17.7 Å². The van der Waals surface area contributed by atoms with Gasteiger partial charge in [-0.15, -0.1) is 12.4 Å². The van der Waals surface area contributed by atoms with Crippen LogP contribution in [-0.2, 0) is 6.54 Å². The third-order valence-electron chi connectivity index (χ3n) is 2.29. The zero-order valence-corrected chi connectivity index (χ0v) is 10.2. The highest BCUT2D eigenvalue weighted by atomic mass is 35.5. The maximum absolute atomic E-state index is 12.9. The fraction of sp³-hybridized carbons (Fsp3) is 0.0769. The summed E-state index contributed by atoms with van der Waals surface area (Å²) in [7, 11) is 0. The topological polar surface area (TPSA) is 35.2 Å². The highest BCUT2D eigenvalue weighted by Gasteiger charge is 2.04. The van der Waals surface area contributed by atoms with Crippen LogP contribution in [0, 0.1) is 11.6 Å². The monoisotopic (exact) mass is 271 g/mol. The molecule has 2 nitrogen and oxygen atoms in total. The molecule has 0 heterocycles. The summed E-state index contributed by atoms with van der Waals surface area (Å²) >= 11 is 0. The minimum atomic E-state index is -0.930. The molecule has 0 radical (unpaired) electrons. The third kappa shape index (κ3) is 3.42. The predicted octanol–water partition coefficient (Wildman–Crippen LogP) is 3.64. The molecule has 0 saturated heterocycles. The van der Waals surface area contributed by atoms with Gasteiger partial charge in [-0.1, -0.05) is 12.1 Å². The molecule has 2 rings (SSSR count). The molecule has 0 amide bonds. The second kappa shape index (κ2) is 6.33. The smallest absolute Gasteiger partial charge is 0.162 e. The Bertz CT molecular complexity index is 517. The molecule has 0 saturated carbocycles. The molecule has 2 aromatic carbocycles. The van der Waals surface area contributed by atoms with E-state index >= 15 is 0 Å². The van der Waals surface area contributed by atoms with Gasteiger partial charge in [-0.25, -0.2) is 8.78 Å². The fourth-order valence-electron chi connectivity index (χ4n) is 1.37. The van der Waals surface area contributed by atoms with Crippen LogP contribution in [0.3, 0.4) is 0 Å². The zero-order valence-electron chi connectivity index (χ0n) is 9.40. The van der Waals surface area contributed by atoms with E-state index in [1.165, 1.54) is 6.07 Å². The summed E-state index contributed by atoms with van der Waals surface area (Å²) in [6.07, 6.45) is 0. The van der Waals surface area contributed by atoms with Crippen LogP contribution in [0.5, 0.6) is 11.5 Å². The minimum Gasteiger partial charge on any atom is -0.457 e. The SMILES string of the molecule is Cl.NCc1ccc(Oc2ccc(F)c(F)c2)cc1. The van der Waals surface area contributed by atoms with Crippen LogP contribution in [0.4, 0.5) is 8.78 Å². The summed E-state index contributed by atoms with van der Waals surface area (Å²) in [5.74, 6) is -1.02. The lowest BCUT2D eigenvalue weighted by molar-refractivity contribution is 0.461. The standard InChI is InChI=1S/C13H11F2NO.ClH/c14-12-6-5-11(7-13(12)15)17-10-3-1-9(8-16)2-4-10;/h1-7H,8,16H2;1H. The van der Waals surface area contributed by atoms with E-state index in [1.807, 2.05) is 12.1 Å². The van der Waals surface area contributed by atoms with Crippen LogP contribution in [0.25, 0.3) is 0 Å². The molecule has 2 N–H and O–H groups in total. The van der Waals surface area contributed by atoms with Crippen LogP contribution >= 0.6 is 12.4 Å². The zero-order chi connectivity index (χ0) is 12.3. The number of hydrogen-bond donors (Lipinski definition) is 1. The van der Waals surface area contributed by atoms with Crippen LogP contribution in [0.2, 0.25) is 0 Å². The van der Waals surface area contributed by atoms with Gasteiger partial charge in [0, 0.05) is 12.6 Å². The van der Waals surface area contributed by atoms with Crippen molar-refractivity contribution in [3.8, 4) is 11.5 Å². The van der Waals surface area contributed by atoms with Gasteiger partial charge < -0.3 is 10.5 Å². The highest BCUT2D eigenvalue weighted by Crippen LogP contribution is 2.23. The predicted molar refractivity (Wildman–Crippen MR) is 68.0 cm³/mol. The van der Waals surface area contributed by atoms with Crippen molar-refractivity contribution in [1.29, 1.82) is 0 Å². The quantitative estimate of drug-likeness (QED) is 0.925. The second-order valence-electron chi connectivity index (χ2n) is 3.53. The first-order valence-electron chi connectivity index (χ1n) is 5.11. The van der Waals surface area contributed by atoms with Crippen molar-refractivity contribution < 1.29 is 13.5 Å². The van der Waals surface area contributed by atoms with Crippen molar-refractivity contribution >= 4 is 12.4 Å². The van der Waals surface area contributed by atoms with Gasteiger partial charge in [0.1, 0.15) is 11.5 Å². The summed E-state index contributed by atoms with van der Waals surface area (Å²) in [5.41, 5.74) is 6.43. The number of hydrogen-bond acceptors (Lipinski definition) is 2. The Morgan fingerprint density at radius 3 is 2.06 bits per heavy atom. The van der Waals surface area contributed by atoms with Gasteiger partial charge in [0.2, 0.25) is 0 Å². The van der Waals surface area contributed by atoms with Gasteiger partial charge in [0.25, 0.3) is 0 Å². The summed E-state index contributed by atoms with van der Waals surface area (Å²) in [6, 6.07) is 10.5. The van der Waals surface area contributed by atoms with Crippen molar-refractivity contribution in [3.63, 3.8) is 0 Å². The van der Waals surface area contributed by atoms with E-state index in [4.69, 9.17) is 10.5 Å². The Labute approximate surface area is 110 Å². The largest absolute Gasteiger partial charge is 0.457 e. The molecular weight excluding hydrogens is 260 g/mol. The van der Waals surface area contributed by atoms with E-state index in [0.29, 0.717) is 12.3 Å². The molecule has 0 spiro atoms. The van der Waals surface area contributed by atoms with Crippen LogP contribution in [0.1, 0.15) is 5.56 Å². The van der Waals surface area contributed by atoms with Crippen LogP contribution in [0.15, 0.2) is 42.5 Å². The van der Waals surface area contributed by atoms with E-state index < -0.39 is 11.6 Å². The number of rotatable bonds is 3. The normalized spacial score (nSPS) is 9.72. The molecule has 0 aliphatic heterocycles. The number of benzene rings is 2. The maximum Gasteiger partial charge on any atom is 0.162 e. The van der Waals surface area contributed by atoms with Gasteiger partial charge in [0.15, 0.2) is 11.6 Å². The molecule has 0 aromatic heterocycles. The molecule has 5 heteroatoms. The van der Waals surface area contributed by atoms with Crippen molar-refractivity contribution in [2.75, 3.05) is 0 Å². The summed E-state index contributed by atoms with van der Waals surface area (Å²) in [4.78, 5) is 0. The molecule has 0 unspecified atom stereocenters. The van der Waals surface area contributed by atoms with Gasteiger partial charge in [-0.3, -0.25) is 0 Å². The van der Waals surface area contributed by atoms with Crippen molar-refractivity contribution in [1.82, 2.24) is 0 Å². The molecule has 0 fully saturated rings. The Hall–Kier alpha value is -1.65. The summed E-state index contributed by atoms with van der Waals surface area (Å²) in [6.45, 7) is 0.450. The van der Waals surface area contributed by atoms with E-state index in [9.17, 15) is 8.78 Å². The molecule has 96 valence electrons. The van der Waals surface area contributed by atoms with Gasteiger partial charge in [-0.2, -0.15) is 0 Å². The molecule has 0 aliphatic carbocycles. The fourth-order valence-corrected chi connectivity index (χ4v) is 1.37. The number of halogens is 3. The van der Waals surface area contributed by atoms with Gasteiger partial charge >= 0.3 is 0 Å². The Kier molecular flexibility index (Phi) is 5.07. The van der Waals surface area contributed by atoms with Gasteiger partial charge in [0.05, 0.1) is 0 Å². The first-order valence-corrected chi connectivity index (χ1v) is 5.11. The highest BCUT2D eigenvalue weighted by molar-refractivity contribution is 5.85. The maximum atomic E-state index is 12.9. The van der Waals surface area contributed by atoms with E-state index in [-0.39, 0.29) is 18.2 Å². The molecule has 0 bridgehead atoms. The lowest BCUT2D eigenvalue weighted by atomic mass is 10.2. The first-order chi connectivity index (χ1) is 8.19. The van der Waals surface area contributed by atoms with Gasteiger partial charge in [-0.05, 0) is 29.8 Å². The lowest BCUT2D eigenvalue weighted by Gasteiger charge is -2.06.